The van der Waals surface area contributed by atoms with Gasteiger partial charge in [-0.25, -0.2) is 4.99 Å². The molecule has 3 nitrogen and oxygen atoms in total. The lowest BCUT2D eigenvalue weighted by Gasteiger charge is -2.06. The highest BCUT2D eigenvalue weighted by molar-refractivity contribution is 5.78. The van der Waals surface area contributed by atoms with E-state index in [1.165, 1.54) is 24.0 Å². The highest BCUT2D eigenvalue weighted by Gasteiger charge is 2.21. The SMILES string of the molecule is CC(C)c1ccc(CN=C(N)NC2CC2)cc1. The van der Waals surface area contributed by atoms with Gasteiger partial charge in [0.05, 0.1) is 6.54 Å². The standard InChI is InChI=1S/C14H21N3/c1-10(2)12-5-3-11(4-6-12)9-16-14(15)17-13-7-8-13/h3-6,10,13H,7-9H2,1-2H3,(H3,15,16,17). The van der Waals surface area contributed by atoms with Crippen LogP contribution < -0.4 is 11.1 Å². The van der Waals surface area contributed by atoms with Crippen LogP contribution in [-0.2, 0) is 6.54 Å². The first kappa shape index (κ1) is 12.0. The fourth-order valence-electron chi connectivity index (χ4n) is 1.67. The van der Waals surface area contributed by atoms with E-state index in [0.717, 1.165) is 0 Å². The van der Waals surface area contributed by atoms with Gasteiger partial charge < -0.3 is 11.1 Å². The first-order valence-electron chi connectivity index (χ1n) is 6.30. The van der Waals surface area contributed by atoms with E-state index in [9.17, 15) is 0 Å². The second-order valence-electron chi connectivity index (χ2n) is 5.02. The quantitative estimate of drug-likeness (QED) is 0.617. The smallest absolute Gasteiger partial charge is 0.189 e. The molecule has 0 bridgehead atoms. The van der Waals surface area contributed by atoms with E-state index in [1.54, 1.807) is 0 Å². The molecule has 3 heteroatoms. The predicted molar refractivity (Wildman–Crippen MR) is 72.0 cm³/mol. The zero-order valence-corrected chi connectivity index (χ0v) is 10.6. The van der Waals surface area contributed by atoms with Crippen molar-refractivity contribution in [3.05, 3.63) is 35.4 Å². The summed E-state index contributed by atoms with van der Waals surface area (Å²) in [6, 6.07) is 9.16. The van der Waals surface area contributed by atoms with Crippen molar-refractivity contribution < 1.29 is 0 Å². The van der Waals surface area contributed by atoms with Crippen LogP contribution >= 0.6 is 0 Å². The van der Waals surface area contributed by atoms with Crippen molar-refractivity contribution in [3.8, 4) is 0 Å². The molecular formula is C14H21N3. The number of nitrogens with zero attached hydrogens (tertiary/aromatic N) is 1. The molecule has 0 radical (unpaired) electrons. The average molecular weight is 231 g/mol. The third-order valence-electron chi connectivity index (χ3n) is 3.01. The molecule has 1 saturated carbocycles. The minimum Gasteiger partial charge on any atom is -0.370 e. The van der Waals surface area contributed by atoms with E-state index >= 15 is 0 Å². The van der Waals surface area contributed by atoms with E-state index in [-0.39, 0.29) is 0 Å². The Morgan fingerprint density at radius 3 is 2.53 bits per heavy atom. The molecule has 0 aromatic heterocycles. The third-order valence-corrected chi connectivity index (χ3v) is 3.01. The van der Waals surface area contributed by atoms with Gasteiger partial charge in [0.15, 0.2) is 5.96 Å². The molecule has 1 aliphatic rings. The van der Waals surface area contributed by atoms with E-state index in [2.05, 4.69) is 48.4 Å². The van der Waals surface area contributed by atoms with Gasteiger partial charge in [-0.3, -0.25) is 0 Å². The molecule has 0 atom stereocenters. The molecule has 1 aliphatic carbocycles. The summed E-state index contributed by atoms with van der Waals surface area (Å²) in [4.78, 5) is 4.33. The fraction of sp³-hybridized carbons (Fsp3) is 0.500. The molecule has 1 aromatic rings. The van der Waals surface area contributed by atoms with Crippen molar-refractivity contribution in [2.45, 2.75) is 45.2 Å². The van der Waals surface area contributed by atoms with E-state index in [4.69, 9.17) is 5.73 Å². The number of rotatable bonds is 4. The lowest BCUT2D eigenvalue weighted by Crippen LogP contribution is -2.33. The van der Waals surface area contributed by atoms with Gasteiger partial charge in [-0.1, -0.05) is 38.1 Å². The Balaban J connectivity index is 1.89. The fourth-order valence-corrected chi connectivity index (χ4v) is 1.67. The van der Waals surface area contributed by atoms with E-state index in [1.807, 2.05) is 0 Å². The van der Waals surface area contributed by atoms with Gasteiger partial charge >= 0.3 is 0 Å². The normalized spacial score (nSPS) is 16.3. The summed E-state index contributed by atoms with van der Waals surface area (Å²) in [6.07, 6.45) is 2.44. The summed E-state index contributed by atoms with van der Waals surface area (Å²) in [5.41, 5.74) is 8.35. The Hall–Kier alpha value is -1.51. The summed E-state index contributed by atoms with van der Waals surface area (Å²) >= 11 is 0. The van der Waals surface area contributed by atoms with Crippen LogP contribution in [0.5, 0.6) is 0 Å². The summed E-state index contributed by atoms with van der Waals surface area (Å²) in [5, 5.41) is 3.18. The average Bonchev–Trinajstić information content (AvgIpc) is 3.11. The molecular weight excluding hydrogens is 210 g/mol. The van der Waals surface area contributed by atoms with Crippen LogP contribution in [0, 0.1) is 0 Å². The van der Waals surface area contributed by atoms with Gasteiger partial charge in [-0.05, 0) is 29.9 Å². The largest absolute Gasteiger partial charge is 0.370 e. The summed E-state index contributed by atoms with van der Waals surface area (Å²) < 4.78 is 0. The van der Waals surface area contributed by atoms with Crippen LogP contribution in [0.25, 0.3) is 0 Å². The molecule has 1 aromatic carbocycles. The first-order chi connectivity index (χ1) is 8.15. The minimum atomic E-state index is 0.570. The molecule has 1 fully saturated rings. The molecule has 3 N–H and O–H groups in total. The molecule has 17 heavy (non-hydrogen) atoms. The second kappa shape index (κ2) is 5.21. The summed E-state index contributed by atoms with van der Waals surface area (Å²) in [7, 11) is 0. The van der Waals surface area contributed by atoms with Crippen molar-refractivity contribution >= 4 is 5.96 Å². The molecule has 2 rings (SSSR count). The molecule has 0 aliphatic heterocycles. The molecule has 0 saturated heterocycles. The molecule has 0 heterocycles. The molecule has 92 valence electrons. The Bertz CT molecular complexity index is 388. The number of aliphatic imine (C=N–C) groups is 1. The van der Waals surface area contributed by atoms with E-state index < -0.39 is 0 Å². The number of benzene rings is 1. The number of guanidine groups is 1. The second-order valence-corrected chi connectivity index (χ2v) is 5.02. The topological polar surface area (TPSA) is 50.4 Å². The zero-order valence-electron chi connectivity index (χ0n) is 10.6. The monoisotopic (exact) mass is 231 g/mol. The van der Waals surface area contributed by atoms with Crippen LogP contribution in [0.1, 0.15) is 43.7 Å². The first-order valence-corrected chi connectivity index (χ1v) is 6.30. The van der Waals surface area contributed by atoms with Gasteiger partial charge in [-0.15, -0.1) is 0 Å². The van der Waals surface area contributed by atoms with Crippen molar-refractivity contribution in [2.75, 3.05) is 0 Å². The number of hydrogen-bond acceptors (Lipinski definition) is 1. The Morgan fingerprint density at radius 2 is 2.00 bits per heavy atom. The highest BCUT2D eigenvalue weighted by atomic mass is 15.1. The highest BCUT2D eigenvalue weighted by Crippen LogP contribution is 2.18. The van der Waals surface area contributed by atoms with Crippen LogP contribution in [-0.4, -0.2) is 12.0 Å². The maximum absolute atomic E-state index is 5.78. The minimum absolute atomic E-state index is 0.570. The van der Waals surface area contributed by atoms with Gasteiger partial charge in [0.2, 0.25) is 0 Å². The Kier molecular flexibility index (Phi) is 3.67. The lowest BCUT2D eigenvalue weighted by molar-refractivity contribution is 0.861. The number of nitrogens with two attached hydrogens (primary N) is 1. The maximum atomic E-state index is 5.78. The Labute approximate surface area is 103 Å². The van der Waals surface area contributed by atoms with Crippen LogP contribution in [0.4, 0.5) is 0 Å². The molecule has 0 spiro atoms. The lowest BCUT2D eigenvalue weighted by atomic mass is 10.0. The predicted octanol–water partition coefficient (Wildman–Crippen LogP) is 2.38. The molecule has 0 amide bonds. The van der Waals surface area contributed by atoms with Crippen molar-refractivity contribution in [1.29, 1.82) is 0 Å². The van der Waals surface area contributed by atoms with Crippen molar-refractivity contribution in [3.63, 3.8) is 0 Å². The van der Waals surface area contributed by atoms with E-state index in [0.29, 0.717) is 24.5 Å². The summed E-state index contributed by atoms with van der Waals surface area (Å²) in [5.74, 6) is 1.15. The van der Waals surface area contributed by atoms with Crippen LogP contribution in [0.15, 0.2) is 29.3 Å². The maximum Gasteiger partial charge on any atom is 0.189 e. The molecule has 0 unspecified atom stereocenters. The van der Waals surface area contributed by atoms with Gasteiger partial charge in [-0.2, -0.15) is 0 Å². The van der Waals surface area contributed by atoms with Gasteiger partial charge in [0.25, 0.3) is 0 Å². The summed E-state index contributed by atoms with van der Waals surface area (Å²) in [6.45, 7) is 5.05. The number of nitrogens with one attached hydrogen (secondary N) is 1. The number of hydrogen-bond donors (Lipinski definition) is 2. The van der Waals surface area contributed by atoms with Crippen LogP contribution in [0.2, 0.25) is 0 Å². The van der Waals surface area contributed by atoms with Crippen molar-refractivity contribution in [1.82, 2.24) is 5.32 Å². The zero-order chi connectivity index (χ0) is 12.3. The van der Waals surface area contributed by atoms with Gasteiger partial charge in [0.1, 0.15) is 0 Å². The third kappa shape index (κ3) is 3.77. The van der Waals surface area contributed by atoms with Gasteiger partial charge in [0, 0.05) is 6.04 Å². The van der Waals surface area contributed by atoms with Crippen LogP contribution in [0.3, 0.4) is 0 Å². The van der Waals surface area contributed by atoms with Crippen molar-refractivity contribution in [2.24, 2.45) is 10.7 Å². The Morgan fingerprint density at radius 1 is 1.35 bits per heavy atom.